The van der Waals surface area contributed by atoms with E-state index in [0.29, 0.717) is 10.2 Å². The highest BCUT2D eigenvalue weighted by molar-refractivity contribution is 7.22. The molecule has 0 N–H and O–H groups in total. The lowest BCUT2D eigenvalue weighted by molar-refractivity contribution is -0.132. The van der Waals surface area contributed by atoms with Crippen molar-refractivity contribution in [2.75, 3.05) is 14.2 Å². The summed E-state index contributed by atoms with van der Waals surface area (Å²) in [7, 11) is 3.28. The van der Waals surface area contributed by atoms with Gasteiger partial charge in [-0.2, -0.15) is 0 Å². The Morgan fingerprint density at radius 1 is 1.19 bits per heavy atom. The quantitative estimate of drug-likeness (QED) is 0.433. The SMILES string of the molecule is COc1ccc(-c2cc3ncn(CC(=O)N(C)C(C)c4ccc(F)cc4)c(=O)c3s2)cc1. The van der Waals surface area contributed by atoms with Crippen LogP contribution in [0, 0.1) is 5.82 Å². The fourth-order valence-corrected chi connectivity index (χ4v) is 4.46. The number of halogens is 1. The van der Waals surface area contributed by atoms with Gasteiger partial charge in [-0.15, -0.1) is 11.3 Å². The molecule has 0 radical (unpaired) electrons. The molecule has 2 aromatic heterocycles. The van der Waals surface area contributed by atoms with Gasteiger partial charge in [0.25, 0.3) is 5.56 Å². The highest BCUT2D eigenvalue weighted by Crippen LogP contribution is 2.31. The molecule has 1 atom stereocenters. The number of carbonyl (C=O) groups excluding carboxylic acids is 1. The van der Waals surface area contributed by atoms with Gasteiger partial charge >= 0.3 is 0 Å². The van der Waals surface area contributed by atoms with Gasteiger partial charge in [0.2, 0.25) is 5.91 Å². The fraction of sp³-hybridized carbons (Fsp3) is 0.208. The van der Waals surface area contributed by atoms with E-state index in [1.165, 1.54) is 34.4 Å². The van der Waals surface area contributed by atoms with E-state index in [1.54, 1.807) is 31.2 Å². The first-order valence-electron chi connectivity index (χ1n) is 10.0. The summed E-state index contributed by atoms with van der Waals surface area (Å²) in [6.45, 7) is 1.73. The molecule has 6 nitrogen and oxygen atoms in total. The van der Waals surface area contributed by atoms with E-state index in [2.05, 4.69) is 4.98 Å². The number of fused-ring (bicyclic) bond motifs is 1. The van der Waals surface area contributed by atoms with Crippen LogP contribution in [0.1, 0.15) is 18.5 Å². The van der Waals surface area contributed by atoms with Gasteiger partial charge in [0.05, 0.1) is 25.0 Å². The molecule has 0 saturated heterocycles. The second kappa shape index (κ2) is 8.92. The van der Waals surface area contributed by atoms with E-state index in [1.807, 2.05) is 37.3 Å². The van der Waals surface area contributed by atoms with Crippen molar-refractivity contribution in [2.45, 2.75) is 19.5 Å². The zero-order valence-corrected chi connectivity index (χ0v) is 18.7. The number of likely N-dealkylation sites (N-methyl/N-ethyl adjacent to an activating group) is 1. The Bertz CT molecular complexity index is 1310. The average Bonchev–Trinajstić information content (AvgIpc) is 3.25. The van der Waals surface area contributed by atoms with Crippen LogP contribution >= 0.6 is 11.3 Å². The van der Waals surface area contributed by atoms with E-state index in [4.69, 9.17) is 4.74 Å². The third kappa shape index (κ3) is 4.27. The molecule has 4 aromatic rings. The number of hydrogen-bond acceptors (Lipinski definition) is 5. The normalized spacial score (nSPS) is 12.0. The third-order valence-electron chi connectivity index (χ3n) is 5.51. The summed E-state index contributed by atoms with van der Waals surface area (Å²) < 4.78 is 20.2. The molecule has 0 fully saturated rings. The maximum atomic E-state index is 13.2. The van der Waals surface area contributed by atoms with Gasteiger partial charge in [-0.25, -0.2) is 9.37 Å². The van der Waals surface area contributed by atoms with Crippen LogP contribution < -0.4 is 10.3 Å². The van der Waals surface area contributed by atoms with Crippen LogP contribution in [0.25, 0.3) is 20.7 Å². The lowest BCUT2D eigenvalue weighted by Crippen LogP contribution is -2.35. The van der Waals surface area contributed by atoms with Gasteiger partial charge in [-0.05, 0) is 60.5 Å². The number of nitrogens with zero attached hydrogens (tertiary/aromatic N) is 3. The summed E-state index contributed by atoms with van der Waals surface area (Å²) in [5.41, 5.74) is 2.12. The number of hydrogen-bond donors (Lipinski definition) is 0. The Morgan fingerprint density at radius 3 is 2.53 bits per heavy atom. The molecule has 0 aliphatic rings. The third-order valence-corrected chi connectivity index (χ3v) is 6.67. The Hall–Kier alpha value is -3.52. The largest absolute Gasteiger partial charge is 0.497 e. The molecule has 1 unspecified atom stereocenters. The van der Waals surface area contributed by atoms with E-state index >= 15 is 0 Å². The van der Waals surface area contributed by atoms with Crippen LogP contribution in [0.3, 0.4) is 0 Å². The van der Waals surface area contributed by atoms with Crippen molar-refractivity contribution < 1.29 is 13.9 Å². The van der Waals surface area contributed by atoms with Crippen molar-refractivity contribution in [1.29, 1.82) is 0 Å². The molecule has 32 heavy (non-hydrogen) atoms. The predicted molar refractivity (Wildman–Crippen MR) is 123 cm³/mol. The minimum Gasteiger partial charge on any atom is -0.497 e. The minimum atomic E-state index is -0.328. The van der Waals surface area contributed by atoms with Crippen LogP contribution in [0.4, 0.5) is 4.39 Å². The van der Waals surface area contributed by atoms with Crippen LogP contribution in [0.15, 0.2) is 65.7 Å². The van der Waals surface area contributed by atoms with Gasteiger partial charge < -0.3 is 9.64 Å². The molecular weight excluding hydrogens is 429 g/mol. The number of ether oxygens (including phenoxy) is 1. The number of benzene rings is 2. The molecule has 0 saturated carbocycles. The van der Waals surface area contributed by atoms with Gasteiger partial charge in [0.1, 0.15) is 22.8 Å². The molecule has 4 rings (SSSR count). The van der Waals surface area contributed by atoms with Crippen molar-refractivity contribution in [3.05, 3.63) is 82.7 Å². The summed E-state index contributed by atoms with van der Waals surface area (Å²) in [5.74, 6) is 0.190. The summed E-state index contributed by atoms with van der Waals surface area (Å²) in [5, 5.41) is 0. The number of aromatic nitrogens is 2. The first-order valence-corrected chi connectivity index (χ1v) is 10.8. The molecule has 2 aromatic carbocycles. The van der Waals surface area contributed by atoms with E-state index in [0.717, 1.165) is 21.8 Å². The van der Waals surface area contributed by atoms with E-state index in [-0.39, 0.29) is 29.9 Å². The van der Waals surface area contributed by atoms with Crippen molar-refractivity contribution in [1.82, 2.24) is 14.5 Å². The molecule has 0 aliphatic heterocycles. The van der Waals surface area contributed by atoms with Gasteiger partial charge in [-0.1, -0.05) is 12.1 Å². The Morgan fingerprint density at radius 2 is 1.88 bits per heavy atom. The van der Waals surface area contributed by atoms with Crippen LogP contribution in [0.2, 0.25) is 0 Å². The Balaban J connectivity index is 1.56. The summed E-state index contributed by atoms with van der Waals surface area (Å²) >= 11 is 1.35. The molecule has 1 amide bonds. The number of amides is 1. The molecule has 0 bridgehead atoms. The van der Waals surface area contributed by atoms with E-state index in [9.17, 15) is 14.0 Å². The topological polar surface area (TPSA) is 64.4 Å². The van der Waals surface area contributed by atoms with Crippen LogP contribution in [-0.2, 0) is 11.3 Å². The molecule has 164 valence electrons. The lowest BCUT2D eigenvalue weighted by atomic mass is 10.1. The van der Waals surface area contributed by atoms with Crippen molar-refractivity contribution in [3.63, 3.8) is 0 Å². The first-order chi connectivity index (χ1) is 15.4. The van der Waals surface area contributed by atoms with Gasteiger partial charge in [-0.3, -0.25) is 14.2 Å². The maximum absolute atomic E-state index is 13.2. The highest BCUT2D eigenvalue weighted by Gasteiger charge is 2.19. The number of carbonyl (C=O) groups is 1. The fourth-order valence-electron chi connectivity index (χ4n) is 3.39. The van der Waals surface area contributed by atoms with Gasteiger partial charge in [0, 0.05) is 11.9 Å². The monoisotopic (exact) mass is 451 g/mol. The van der Waals surface area contributed by atoms with Crippen LogP contribution in [-0.4, -0.2) is 34.5 Å². The molecule has 2 heterocycles. The van der Waals surface area contributed by atoms with Crippen molar-refractivity contribution >= 4 is 27.5 Å². The molecule has 8 heteroatoms. The smallest absolute Gasteiger partial charge is 0.271 e. The lowest BCUT2D eigenvalue weighted by Gasteiger charge is -2.25. The summed E-state index contributed by atoms with van der Waals surface area (Å²) in [4.78, 5) is 32.7. The number of rotatable bonds is 6. The minimum absolute atomic E-state index is 0.125. The summed E-state index contributed by atoms with van der Waals surface area (Å²) in [6, 6.07) is 15.2. The van der Waals surface area contributed by atoms with E-state index < -0.39 is 0 Å². The average molecular weight is 452 g/mol. The van der Waals surface area contributed by atoms with Crippen LogP contribution in [0.5, 0.6) is 5.75 Å². The predicted octanol–water partition coefficient (Wildman–Crippen LogP) is 4.49. The molecule has 0 aliphatic carbocycles. The van der Waals surface area contributed by atoms with Crippen molar-refractivity contribution in [3.8, 4) is 16.2 Å². The Labute approximate surface area is 188 Å². The maximum Gasteiger partial charge on any atom is 0.271 e. The van der Waals surface area contributed by atoms with Gasteiger partial charge in [0.15, 0.2) is 0 Å². The zero-order valence-electron chi connectivity index (χ0n) is 17.9. The second-order valence-electron chi connectivity index (χ2n) is 7.46. The number of thiophene rings is 1. The second-order valence-corrected chi connectivity index (χ2v) is 8.52. The zero-order chi connectivity index (χ0) is 22.8. The summed E-state index contributed by atoms with van der Waals surface area (Å²) in [6.07, 6.45) is 1.41. The number of methoxy groups -OCH3 is 1. The highest BCUT2D eigenvalue weighted by atomic mass is 32.1. The molecular formula is C24H22FN3O3S. The molecule has 0 spiro atoms. The standard InChI is InChI=1S/C24H22FN3O3S/c1-15(16-4-8-18(25)9-5-16)27(2)22(29)13-28-14-26-20-12-21(32-23(20)24(28)30)17-6-10-19(31-3)11-7-17/h4-12,14-15H,13H2,1-3H3. The first kappa shape index (κ1) is 21.7. The van der Waals surface area contributed by atoms with Crippen molar-refractivity contribution in [2.24, 2.45) is 0 Å². The Kier molecular flexibility index (Phi) is 6.05.